The highest BCUT2D eigenvalue weighted by Gasteiger charge is 2.28. The van der Waals surface area contributed by atoms with Crippen LogP contribution >= 0.6 is 0 Å². The van der Waals surface area contributed by atoms with E-state index >= 15 is 0 Å². The highest BCUT2D eigenvalue weighted by Crippen LogP contribution is 2.37. The third-order valence-corrected chi connectivity index (χ3v) is 4.96. The molecule has 1 aromatic carbocycles. The Balaban J connectivity index is 1.46. The molecule has 9 heteroatoms. The summed E-state index contributed by atoms with van der Waals surface area (Å²) in [5.74, 6) is 1.36. The van der Waals surface area contributed by atoms with E-state index in [1.807, 2.05) is 18.2 Å². The average Bonchev–Trinajstić information content (AvgIpc) is 3.32. The first-order valence-corrected chi connectivity index (χ1v) is 8.95. The zero-order valence-electron chi connectivity index (χ0n) is 15.2. The molecule has 28 heavy (non-hydrogen) atoms. The number of nitrogens with one attached hydrogen (secondary N) is 1. The van der Waals surface area contributed by atoms with E-state index in [1.54, 1.807) is 17.9 Å². The van der Waals surface area contributed by atoms with Crippen LogP contribution < -0.4 is 15.2 Å². The predicted octanol–water partition coefficient (Wildman–Crippen LogP) is 1.68. The summed E-state index contributed by atoms with van der Waals surface area (Å²) in [6.07, 6.45) is 0.693. The largest absolute Gasteiger partial charge is 0.454 e. The fourth-order valence-electron chi connectivity index (χ4n) is 3.61. The van der Waals surface area contributed by atoms with Crippen LogP contribution in [0.5, 0.6) is 11.5 Å². The second kappa shape index (κ2) is 6.22. The van der Waals surface area contributed by atoms with Crippen molar-refractivity contribution in [3.8, 4) is 22.8 Å². The number of nitrogen functional groups attached to an aromatic ring is 1. The lowest BCUT2D eigenvalue weighted by molar-refractivity contribution is 0.0728. The summed E-state index contributed by atoms with van der Waals surface area (Å²) >= 11 is 0. The lowest BCUT2D eigenvalue weighted by atomic mass is 10.0. The van der Waals surface area contributed by atoms with Crippen LogP contribution in [0.15, 0.2) is 24.3 Å². The molecular formula is C19H18N6O3. The Labute approximate surface area is 160 Å². The van der Waals surface area contributed by atoms with Crippen molar-refractivity contribution in [2.75, 3.05) is 19.1 Å². The molecule has 3 N–H and O–H groups in total. The minimum absolute atomic E-state index is 0.102. The molecule has 4 heterocycles. The summed E-state index contributed by atoms with van der Waals surface area (Å²) in [4.78, 5) is 22.8. The third-order valence-electron chi connectivity index (χ3n) is 4.96. The van der Waals surface area contributed by atoms with Gasteiger partial charge in [0.05, 0.1) is 12.2 Å². The van der Waals surface area contributed by atoms with Crippen molar-refractivity contribution in [3.05, 3.63) is 46.9 Å². The average molecular weight is 378 g/mol. The van der Waals surface area contributed by atoms with E-state index in [0.29, 0.717) is 36.6 Å². The van der Waals surface area contributed by atoms with Gasteiger partial charge in [-0.1, -0.05) is 0 Å². The van der Waals surface area contributed by atoms with Gasteiger partial charge in [0.2, 0.25) is 12.7 Å². The van der Waals surface area contributed by atoms with Crippen LogP contribution in [0, 0.1) is 6.92 Å². The van der Waals surface area contributed by atoms with Gasteiger partial charge in [0, 0.05) is 35.5 Å². The Morgan fingerprint density at radius 3 is 2.93 bits per heavy atom. The number of anilines is 1. The molecule has 2 aliphatic rings. The van der Waals surface area contributed by atoms with Crippen LogP contribution in [0.3, 0.4) is 0 Å². The van der Waals surface area contributed by atoms with Crippen molar-refractivity contribution >= 4 is 11.9 Å². The number of hydrogen-bond donors (Lipinski definition) is 2. The molecule has 5 rings (SSSR count). The van der Waals surface area contributed by atoms with Crippen LogP contribution in [-0.4, -0.2) is 44.3 Å². The number of aromatic amines is 1. The molecule has 0 atom stereocenters. The van der Waals surface area contributed by atoms with Gasteiger partial charge in [0.25, 0.3) is 5.91 Å². The molecule has 2 aliphatic heterocycles. The van der Waals surface area contributed by atoms with Crippen molar-refractivity contribution < 1.29 is 14.3 Å². The number of amides is 1. The first kappa shape index (κ1) is 16.5. The Kier molecular flexibility index (Phi) is 3.68. The van der Waals surface area contributed by atoms with Gasteiger partial charge in [-0.2, -0.15) is 5.10 Å². The summed E-state index contributed by atoms with van der Waals surface area (Å²) in [6, 6.07) is 7.38. The van der Waals surface area contributed by atoms with Gasteiger partial charge in [-0.3, -0.25) is 9.89 Å². The van der Waals surface area contributed by atoms with Gasteiger partial charge in [0.15, 0.2) is 11.5 Å². The number of carbonyl (C=O) groups is 1. The number of H-pyrrole nitrogens is 1. The van der Waals surface area contributed by atoms with Crippen molar-refractivity contribution in [1.29, 1.82) is 0 Å². The van der Waals surface area contributed by atoms with Crippen molar-refractivity contribution in [2.24, 2.45) is 0 Å². The van der Waals surface area contributed by atoms with Crippen LogP contribution in [0.25, 0.3) is 11.3 Å². The third kappa shape index (κ3) is 2.72. The van der Waals surface area contributed by atoms with Gasteiger partial charge in [-0.05, 0) is 31.2 Å². The normalized spacial score (nSPS) is 14.8. The molecule has 3 aromatic rings. The zero-order valence-corrected chi connectivity index (χ0v) is 15.2. The Morgan fingerprint density at radius 2 is 2.07 bits per heavy atom. The van der Waals surface area contributed by atoms with E-state index in [4.69, 9.17) is 15.2 Å². The smallest absolute Gasteiger partial charge is 0.272 e. The van der Waals surface area contributed by atoms with Gasteiger partial charge < -0.3 is 20.1 Å². The fraction of sp³-hybridized carbons (Fsp3) is 0.263. The predicted molar refractivity (Wildman–Crippen MR) is 99.8 cm³/mol. The van der Waals surface area contributed by atoms with Gasteiger partial charge in [-0.15, -0.1) is 0 Å². The first-order valence-electron chi connectivity index (χ1n) is 8.95. The molecule has 0 saturated carbocycles. The molecular weight excluding hydrogens is 360 g/mol. The number of ether oxygens (including phenoxy) is 2. The lowest BCUT2D eigenvalue weighted by Gasteiger charge is -2.27. The second-order valence-corrected chi connectivity index (χ2v) is 6.83. The SMILES string of the molecule is Cc1cc(C(=O)N2CCc3[nH]nc(-c4ccc5c(c4)OCO5)c3C2)nc(N)n1. The van der Waals surface area contributed by atoms with E-state index in [1.165, 1.54) is 0 Å². The lowest BCUT2D eigenvalue weighted by Crippen LogP contribution is -2.36. The molecule has 0 fully saturated rings. The number of nitrogens with zero attached hydrogens (tertiary/aromatic N) is 4. The molecule has 0 saturated heterocycles. The van der Waals surface area contributed by atoms with Crippen LogP contribution in [-0.2, 0) is 13.0 Å². The van der Waals surface area contributed by atoms with Crippen LogP contribution in [0.2, 0.25) is 0 Å². The Bertz CT molecular complexity index is 1070. The van der Waals surface area contributed by atoms with E-state index in [2.05, 4.69) is 20.2 Å². The number of aryl methyl sites for hydroxylation is 1. The Hall–Kier alpha value is -3.62. The summed E-state index contributed by atoms with van der Waals surface area (Å²) in [6.45, 7) is 3.03. The number of benzene rings is 1. The summed E-state index contributed by atoms with van der Waals surface area (Å²) in [5, 5.41) is 7.59. The number of nitrogens with two attached hydrogens (primary N) is 1. The number of rotatable bonds is 2. The van der Waals surface area contributed by atoms with E-state index < -0.39 is 0 Å². The van der Waals surface area contributed by atoms with Crippen molar-refractivity contribution in [1.82, 2.24) is 25.1 Å². The number of carbonyl (C=O) groups excluding carboxylic acids is 1. The number of hydrogen-bond acceptors (Lipinski definition) is 7. The monoisotopic (exact) mass is 378 g/mol. The first-order chi connectivity index (χ1) is 13.6. The quantitative estimate of drug-likeness (QED) is 0.696. The maximum Gasteiger partial charge on any atom is 0.272 e. The van der Waals surface area contributed by atoms with Crippen molar-refractivity contribution in [3.63, 3.8) is 0 Å². The maximum atomic E-state index is 12.9. The standard InChI is InChI=1S/C19H18N6O3/c1-10-6-14(22-19(20)21-10)18(26)25-5-4-13-12(8-25)17(24-23-13)11-2-3-15-16(7-11)28-9-27-15/h2-3,6-7H,4-5,8-9H2,1H3,(H,23,24)(H2,20,21,22). The number of aromatic nitrogens is 4. The molecule has 0 bridgehead atoms. The summed E-state index contributed by atoms with van der Waals surface area (Å²) in [7, 11) is 0. The highest BCUT2D eigenvalue weighted by molar-refractivity contribution is 5.93. The molecule has 0 unspecified atom stereocenters. The maximum absolute atomic E-state index is 12.9. The minimum Gasteiger partial charge on any atom is -0.454 e. The fourth-order valence-corrected chi connectivity index (χ4v) is 3.61. The van der Waals surface area contributed by atoms with Crippen LogP contribution in [0.1, 0.15) is 27.4 Å². The number of fused-ring (bicyclic) bond motifs is 2. The molecule has 0 aliphatic carbocycles. The molecule has 9 nitrogen and oxygen atoms in total. The highest BCUT2D eigenvalue weighted by atomic mass is 16.7. The molecule has 0 radical (unpaired) electrons. The van der Waals surface area contributed by atoms with E-state index in [9.17, 15) is 4.79 Å². The second-order valence-electron chi connectivity index (χ2n) is 6.83. The van der Waals surface area contributed by atoms with E-state index in [0.717, 1.165) is 28.3 Å². The molecule has 0 spiro atoms. The van der Waals surface area contributed by atoms with Gasteiger partial charge in [-0.25, -0.2) is 9.97 Å². The summed E-state index contributed by atoms with van der Waals surface area (Å²) < 4.78 is 10.8. The molecule has 142 valence electrons. The van der Waals surface area contributed by atoms with Crippen LogP contribution in [0.4, 0.5) is 5.95 Å². The summed E-state index contributed by atoms with van der Waals surface area (Å²) in [5.41, 5.74) is 10.4. The Morgan fingerprint density at radius 1 is 1.21 bits per heavy atom. The minimum atomic E-state index is -0.166. The van der Waals surface area contributed by atoms with Gasteiger partial charge in [0.1, 0.15) is 5.69 Å². The van der Waals surface area contributed by atoms with Crippen molar-refractivity contribution in [2.45, 2.75) is 19.9 Å². The molecule has 2 aromatic heterocycles. The van der Waals surface area contributed by atoms with E-state index in [-0.39, 0.29) is 18.6 Å². The zero-order chi connectivity index (χ0) is 19.3. The molecule has 1 amide bonds. The van der Waals surface area contributed by atoms with Gasteiger partial charge >= 0.3 is 0 Å². The topological polar surface area (TPSA) is 119 Å².